The van der Waals surface area contributed by atoms with E-state index in [0.29, 0.717) is 36.2 Å². The molecule has 0 bridgehead atoms. The molecule has 31 heavy (non-hydrogen) atoms. The van der Waals surface area contributed by atoms with E-state index < -0.39 is 23.1 Å². The lowest BCUT2D eigenvalue weighted by Gasteiger charge is -2.31. The zero-order valence-corrected chi connectivity index (χ0v) is 16.3. The molecule has 2 aliphatic rings. The van der Waals surface area contributed by atoms with Crippen molar-refractivity contribution in [2.45, 2.75) is 31.9 Å². The molecule has 1 aromatic heterocycles. The number of aromatic nitrogens is 2. The summed E-state index contributed by atoms with van der Waals surface area (Å²) < 4.78 is 54.4. The lowest BCUT2D eigenvalue weighted by Crippen LogP contribution is -2.28. The van der Waals surface area contributed by atoms with Gasteiger partial charge in [-0.25, -0.2) is 9.18 Å². The van der Waals surface area contributed by atoms with Crippen LogP contribution in [0.3, 0.4) is 0 Å². The van der Waals surface area contributed by atoms with Gasteiger partial charge in [-0.15, -0.1) is 0 Å². The number of H-pyrrole nitrogens is 1. The average molecular weight is 427 g/mol. The lowest BCUT2D eigenvalue weighted by molar-refractivity contribution is -0.168. The number of anilines is 2. The van der Waals surface area contributed by atoms with Gasteiger partial charge in [-0.05, 0) is 55.5 Å². The fraction of sp³-hybridized carbons (Fsp3) is 0.304. The summed E-state index contributed by atoms with van der Waals surface area (Å²) in [5, 5.41) is 0.195. The number of nitrogens with zero attached hydrogens (tertiary/aromatic N) is 2. The molecule has 1 fully saturated rings. The highest BCUT2D eigenvalue weighted by Gasteiger charge is 2.62. The summed E-state index contributed by atoms with van der Waals surface area (Å²) in [6, 6.07) is 9.61. The fourth-order valence-electron chi connectivity index (χ4n) is 4.10. The highest BCUT2D eigenvalue weighted by molar-refractivity contribution is 5.92. The monoisotopic (exact) mass is 427 g/mol. The Labute approximate surface area is 174 Å². The SMILES string of the molecule is O=c1nc(N2CCCc3c(C#CC4(C(F)(F)F)CC4)cccc32)c2c(F)cccc2[nH]1. The van der Waals surface area contributed by atoms with E-state index in [2.05, 4.69) is 21.8 Å². The molecule has 0 unspecified atom stereocenters. The number of halogens is 4. The molecule has 0 spiro atoms. The number of alkyl halides is 3. The number of hydrogen-bond donors (Lipinski definition) is 1. The topological polar surface area (TPSA) is 49.0 Å². The number of nitrogens with one attached hydrogen (secondary N) is 1. The molecule has 0 amide bonds. The van der Waals surface area contributed by atoms with Gasteiger partial charge in [0.2, 0.25) is 0 Å². The Kier molecular flexibility index (Phi) is 4.33. The van der Waals surface area contributed by atoms with E-state index in [1.807, 2.05) is 0 Å². The quantitative estimate of drug-likeness (QED) is 0.447. The Morgan fingerprint density at radius 1 is 1.13 bits per heavy atom. The summed E-state index contributed by atoms with van der Waals surface area (Å²) in [5.74, 6) is 4.89. The first kappa shape index (κ1) is 19.6. The molecule has 1 aliphatic carbocycles. The maximum Gasteiger partial charge on any atom is 0.405 e. The highest BCUT2D eigenvalue weighted by atomic mass is 19.4. The standard InChI is InChI=1S/C23H17F4N3O/c24-16-6-2-7-17-19(16)20(29-21(31)28-17)30-13-3-5-15-14(4-1-8-18(15)30)9-10-22(11-12-22)23(25,26)27/h1-2,4,6-8H,3,5,11-13H2,(H,28,29,31). The van der Waals surface area contributed by atoms with Crippen molar-refractivity contribution < 1.29 is 17.6 Å². The van der Waals surface area contributed by atoms with E-state index in [9.17, 15) is 22.4 Å². The van der Waals surface area contributed by atoms with Crippen LogP contribution in [-0.2, 0) is 6.42 Å². The minimum Gasteiger partial charge on any atom is -0.325 e. The summed E-state index contributed by atoms with van der Waals surface area (Å²) in [4.78, 5) is 20.4. The van der Waals surface area contributed by atoms with Crippen LogP contribution in [0.1, 0.15) is 30.4 Å². The molecule has 0 atom stereocenters. The zero-order chi connectivity index (χ0) is 21.8. The van der Waals surface area contributed by atoms with Crippen LogP contribution in [-0.4, -0.2) is 22.7 Å². The molecule has 4 nitrogen and oxygen atoms in total. The molecule has 3 aromatic rings. The largest absolute Gasteiger partial charge is 0.405 e. The van der Waals surface area contributed by atoms with Gasteiger partial charge in [-0.2, -0.15) is 18.2 Å². The van der Waals surface area contributed by atoms with Crippen LogP contribution in [0.2, 0.25) is 0 Å². The van der Waals surface area contributed by atoms with E-state index in [4.69, 9.17) is 0 Å². The van der Waals surface area contributed by atoms with Crippen molar-refractivity contribution in [3.8, 4) is 11.8 Å². The third-order valence-corrected chi connectivity index (χ3v) is 5.92. The van der Waals surface area contributed by atoms with Gasteiger partial charge in [0.1, 0.15) is 11.2 Å². The van der Waals surface area contributed by atoms with E-state index in [1.54, 1.807) is 29.2 Å². The molecule has 1 aliphatic heterocycles. The van der Waals surface area contributed by atoms with Crippen molar-refractivity contribution in [3.05, 3.63) is 63.8 Å². The lowest BCUT2D eigenvalue weighted by atomic mass is 9.95. The van der Waals surface area contributed by atoms with Crippen LogP contribution in [0.5, 0.6) is 0 Å². The first-order chi connectivity index (χ1) is 14.8. The second-order valence-electron chi connectivity index (χ2n) is 7.92. The Balaban J connectivity index is 1.63. The van der Waals surface area contributed by atoms with Gasteiger partial charge in [0.15, 0.2) is 5.82 Å². The number of fused-ring (bicyclic) bond motifs is 2. The Morgan fingerprint density at radius 3 is 2.65 bits per heavy atom. The molecule has 0 saturated heterocycles. The Bertz CT molecular complexity index is 1310. The second-order valence-corrected chi connectivity index (χ2v) is 7.92. The second kappa shape index (κ2) is 6.84. The average Bonchev–Trinajstić information content (AvgIpc) is 3.52. The predicted octanol–water partition coefficient (Wildman–Crippen LogP) is 4.84. The number of hydrogen-bond acceptors (Lipinski definition) is 3. The molecule has 158 valence electrons. The molecule has 1 saturated carbocycles. The van der Waals surface area contributed by atoms with Crippen molar-refractivity contribution in [1.82, 2.24) is 9.97 Å². The van der Waals surface area contributed by atoms with Crippen molar-refractivity contribution in [1.29, 1.82) is 0 Å². The summed E-state index contributed by atoms with van der Waals surface area (Å²) in [6.45, 7) is 0.496. The van der Waals surface area contributed by atoms with Gasteiger partial charge < -0.3 is 9.88 Å². The van der Waals surface area contributed by atoms with Gasteiger partial charge in [0, 0.05) is 17.8 Å². The van der Waals surface area contributed by atoms with Crippen molar-refractivity contribution in [2.24, 2.45) is 5.41 Å². The van der Waals surface area contributed by atoms with E-state index in [-0.39, 0.29) is 24.0 Å². The van der Waals surface area contributed by atoms with Crippen molar-refractivity contribution in [3.63, 3.8) is 0 Å². The van der Waals surface area contributed by atoms with Gasteiger partial charge in [0.25, 0.3) is 0 Å². The molecule has 1 N–H and O–H groups in total. The number of aromatic amines is 1. The maximum atomic E-state index is 14.6. The van der Waals surface area contributed by atoms with E-state index >= 15 is 0 Å². The third-order valence-electron chi connectivity index (χ3n) is 5.92. The van der Waals surface area contributed by atoms with Gasteiger partial charge in [-0.1, -0.05) is 24.0 Å². The van der Waals surface area contributed by atoms with Crippen molar-refractivity contribution >= 4 is 22.4 Å². The summed E-state index contributed by atoms with van der Waals surface area (Å²) in [5.41, 5.74) is -0.191. The van der Waals surface area contributed by atoms with Gasteiger partial charge in [-0.3, -0.25) is 0 Å². The normalized spacial score (nSPS) is 17.1. The van der Waals surface area contributed by atoms with Crippen LogP contribution < -0.4 is 10.6 Å². The molecule has 2 heterocycles. The molecule has 8 heteroatoms. The van der Waals surface area contributed by atoms with Crippen LogP contribution in [0.15, 0.2) is 41.2 Å². The summed E-state index contributed by atoms with van der Waals surface area (Å²) in [7, 11) is 0. The molecule has 5 rings (SSSR count). The van der Waals surface area contributed by atoms with E-state index in [1.165, 1.54) is 12.1 Å². The fourth-order valence-corrected chi connectivity index (χ4v) is 4.10. The third kappa shape index (κ3) is 3.25. The molecular formula is C23H17F4N3O. The van der Waals surface area contributed by atoms with Crippen molar-refractivity contribution in [2.75, 3.05) is 11.4 Å². The first-order valence-corrected chi connectivity index (χ1v) is 9.97. The van der Waals surface area contributed by atoms with Crippen LogP contribution in [0.25, 0.3) is 10.9 Å². The minimum atomic E-state index is -4.34. The van der Waals surface area contributed by atoms with E-state index in [0.717, 1.165) is 5.56 Å². The minimum absolute atomic E-state index is 0.0205. The predicted molar refractivity (Wildman–Crippen MR) is 109 cm³/mol. The number of benzene rings is 2. The van der Waals surface area contributed by atoms with Crippen LogP contribution in [0.4, 0.5) is 29.1 Å². The molecular weight excluding hydrogens is 410 g/mol. The molecule has 0 radical (unpaired) electrons. The zero-order valence-electron chi connectivity index (χ0n) is 16.3. The van der Waals surface area contributed by atoms with Gasteiger partial charge in [0.05, 0.1) is 10.9 Å². The summed E-state index contributed by atoms with van der Waals surface area (Å²) >= 11 is 0. The van der Waals surface area contributed by atoms with Crippen LogP contribution in [0, 0.1) is 23.1 Å². The first-order valence-electron chi connectivity index (χ1n) is 9.97. The maximum absolute atomic E-state index is 14.6. The van der Waals surface area contributed by atoms with Crippen LogP contribution >= 0.6 is 0 Å². The Hall–Kier alpha value is -3.34. The summed E-state index contributed by atoms with van der Waals surface area (Å²) in [6.07, 6.45) is -3.01. The van der Waals surface area contributed by atoms with Gasteiger partial charge >= 0.3 is 11.9 Å². The molecule has 2 aromatic carbocycles. The Morgan fingerprint density at radius 2 is 1.90 bits per heavy atom. The highest BCUT2D eigenvalue weighted by Crippen LogP contribution is 2.57. The smallest absolute Gasteiger partial charge is 0.325 e. The number of rotatable bonds is 1.